The summed E-state index contributed by atoms with van der Waals surface area (Å²) in [6.07, 6.45) is 3.37. The van der Waals surface area contributed by atoms with E-state index >= 15 is 0 Å². The molecule has 2 rings (SSSR count). The molecule has 0 spiro atoms. The Morgan fingerprint density at radius 2 is 1.93 bits per heavy atom. The van der Waals surface area contributed by atoms with Gasteiger partial charge in [0, 0.05) is 12.0 Å². The van der Waals surface area contributed by atoms with Crippen LogP contribution in [0.25, 0.3) is 0 Å². The number of esters is 1. The Bertz CT molecular complexity index is 717. The zero-order chi connectivity index (χ0) is 20.7. The molecule has 1 atom stereocenters. The van der Waals surface area contributed by atoms with Gasteiger partial charge in [0.05, 0.1) is 18.6 Å². The predicted octanol–water partition coefficient (Wildman–Crippen LogP) is 2.33. The van der Waals surface area contributed by atoms with Gasteiger partial charge in [-0.2, -0.15) is 0 Å². The summed E-state index contributed by atoms with van der Waals surface area (Å²) < 4.78 is 4.69. The molecule has 154 valence electrons. The number of hydrogen-bond acceptors (Lipinski definition) is 5. The number of carbonyl (C=O) groups excluding carboxylic acids is 3. The van der Waals surface area contributed by atoms with Gasteiger partial charge in [-0.05, 0) is 49.8 Å². The number of carbonyl (C=O) groups is 3. The minimum absolute atomic E-state index is 0.0139. The van der Waals surface area contributed by atoms with Crippen molar-refractivity contribution in [3.63, 3.8) is 0 Å². The lowest BCUT2D eigenvalue weighted by Gasteiger charge is -2.29. The molecule has 1 aromatic carbocycles. The maximum absolute atomic E-state index is 12.4. The van der Waals surface area contributed by atoms with Gasteiger partial charge >= 0.3 is 5.97 Å². The normalized spacial score (nSPS) is 20.1. The molecule has 2 amide bonds. The minimum atomic E-state index is -0.618. The number of halogens is 1. The molecule has 0 heterocycles. The van der Waals surface area contributed by atoms with Crippen LogP contribution in [0.5, 0.6) is 5.75 Å². The van der Waals surface area contributed by atoms with E-state index in [9.17, 15) is 19.5 Å². The molecular weight excluding hydrogens is 384 g/mol. The van der Waals surface area contributed by atoms with Crippen molar-refractivity contribution in [1.29, 1.82) is 0 Å². The summed E-state index contributed by atoms with van der Waals surface area (Å²) in [6, 6.07) is 4.10. The zero-order valence-electron chi connectivity index (χ0n) is 16.2. The SMILES string of the molecule is CCC(NC(=O)C1CCC(NC(=O)Cc2ccc(O)c(Cl)c2)CC1)C(=O)OC. The highest BCUT2D eigenvalue weighted by molar-refractivity contribution is 6.32. The van der Waals surface area contributed by atoms with Crippen LogP contribution in [0.3, 0.4) is 0 Å². The van der Waals surface area contributed by atoms with Gasteiger partial charge in [-0.25, -0.2) is 4.79 Å². The van der Waals surface area contributed by atoms with Crippen LogP contribution < -0.4 is 10.6 Å². The fraction of sp³-hybridized carbons (Fsp3) is 0.550. The summed E-state index contributed by atoms with van der Waals surface area (Å²) in [7, 11) is 1.30. The minimum Gasteiger partial charge on any atom is -0.506 e. The molecule has 1 unspecified atom stereocenters. The zero-order valence-corrected chi connectivity index (χ0v) is 16.9. The Morgan fingerprint density at radius 1 is 1.25 bits per heavy atom. The third-order valence-electron chi connectivity index (χ3n) is 5.05. The lowest BCUT2D eigenvalue weighted by Crippen LogP contribution is -2.46. The van der Waals surface area contributed by atoms with E-state index in [2.05, 4.69) is 10.6 Å². The molecule has 1 saturated carbocycles. The summed E-state index contributed by atoms with van der Waals surface area (Å²) in [5, 5.41) is 15.4. The van der Waals surface area contributed by atoms with Crippen molar-refractivity contribution in [3.8, 4) is 5.75 Å². The van der Waals surface area contributed by atoms with Crippen molar-refractivity contribution in [2.75, 3.05) is 7.11 Å². The first kappa shape index (κ1) is 22.0. The van der Waals surface area contributed by atoms with Gasteiger partial charge in [0.2, 0.25) is 11.8 Å². The molecule has 8 heteroatoms. The highest BCUT2D eigenvalue weighted by atomic mass is 35.5. The van der Waals surface area contributed by atoms with E-state index in [1.54, 1.807) is 12.1 Å². The number of nitrogens with one attached hydrogen (secondary N) is 2. The molecule has 0 radical (unpaired) electrons. The molecular formula is C20H27ClN2O5. The second-order valence-electron chi connectivity index (χ2n) is 7.07. The number of phenols is 1. The van der Waals surface area contributed by atoms with Gasteiger partial charge in [-0.15, -0.1) is 0 Å². The number of ether oxygens (including phenoxy) is 1. The topological polar surface area (TPSA) is 105 Å². The molecule has 0 bridgehead atoms. The van der Waals surface area contributed by atoms with Crippen molar-refractivity contribution in [2.45, 2.75) is 57.5 Å². The van der Waals surface area contributed by atoms with E-state index in [4.69, 9.17) is 16.3 Å². The summed E-state index contributed by atoms with van der Waals surface area (Å²) in [5.41, 5.74) is 0.724. The molecule has 7 nitrogen and oxygen atoms in total. The highest BCUT2D eigenvalue weighted by Crippen LogP contribution is 2.26. The quantitative estimate of drug-likeness (QED) is 0.598. The molecule has 0 saturated heterocycles. The van der Waals surface area contributed by atoms with Crippen LogP contribution >= 0.6 is 11.6 Å². The number of phenolic OH excluding ortho intramolecular Hbond substituents is 1. The van der Waals surface area contributed by atoms with Crippen molar-refractivity contribution in [1.82, 2.24) is 10.6 Å². The van der Waals surface area contributed by atoms with Crippen LogP contribution in [0.4, 0.5) is 0 Å². The number of amides is 2. The van der Waals surface area contributed by atoms with Crippen LogP contribution in [-0.4, -0.2) is 42.1 Å². The second kappa shape index (κ2) is 10.3. The summed E-state index contributed by atoms with van der Waals surface area (Å²) in [4.78, 5) is 36.2. The Morgan fingerprint density at radius 3 is 2.50 bits per heavy atom. The van der Waals surface area contributed by atoms with Crippen LogP contribution in [0.15, 0.2) is 18.2 Å². The van der Waals surface area contributed by atoms with Gasteiger partial charge in [0.15, 0.2) is 0 Å². The lowest BCUT2D eigenvalue weighted by molar-refractivity contribution is -0.145. The first-order valence-corrected chi connectivity index (χ1v) is 9.86. The maximum atomic E-state index is 12.4. The van der Waals surface area contributed by atoms with E-state index in [-0.39, 0.29) is 41.0 Å². The average molecular weight is 411 g/mol. The van der Waals surface area contributed by atoms with E-state index in [0.29, 0.717) is 32.1 Å². The molecule has 1 fully saturated rings. The van der Waals surface area contributed by atoms with Crippen LogP contribution in [0, 0.1) is 5.92 Å². The number of benzene rings is 1. The number of methoxy groups -OCH3 is 1. The number of rotatable bonds is 7. The Hall–Kier alpha value is -2.28. The van der Waals surface area contributed by atoms with Gasteiger partial charge in [-0.3, -0.25) is 9.59 Å². The smallest absolute Gasteiger partial charge is 0.328 e. The molecule has 28 heavy (non-hydrogen) atoms. The van der Waals surface area contributed by atoms with Crippen molar-refractivity contribution in [2.24, 2.45) is 5.92 Å². The van der Waals surface area contributed by atoms with Crippen molar-refractivity contribution in [3.05, 3.63) is 28.8 Å². The van der Waals surface area contributed by atoms with Gasteiger partial charge in [-0.1, -0.05) is 24.6 Å². The van der Waals surface area contributed by atoms with Gasteiger partial charge < -0.3 is 20.5 Å². The Kier molecular flexibility index (Phi) is 8.11. The largest absolute Gasteiger partial charge is 0.506 e. The molecule has 0 aliphatic heterocycles. The molecule has 3 N–H and O–H groups in total. The second-order valence-corrected chi connectivity index (χ2v) is 7.48. The first-order valence-electron chi connectivity index (χ1n) is 9.49. The maximum Gasteiger partial charge on any atom is 0.328 e. The van der Waals surface area contributed by atoms with Gasteiger partial charge in [0.1, 0.15) is 11.8 Å². The molecule has 1 aliphatic carbocycles. The highest BCUT2D eigenvalue weighted by Gasteiger charge is 2.29. The predicted molar refractivity (Wildman–Crippen MR) is 105 cm³/mol. The lowest BCUT2D eigenvalue weighted by atomic mass is 9.85. The van der Waals surface area contributed by atoms with Crippen LogP contribution in [-0.2, 0) is 25.5 Å². The molecule has 1 aliphatic rings. The van der Waals surface area contributed by atoms with Crippen LogP contribution in [0.1, 0.15) is 44.6 Å². The average Bonchev–Trinajstić information content (AvgIpc) is 2.68. The fourth-order valence-electron chi connectivity index (χ4n) is 3.38. The number of aromatic hydroxyl groups is 1. The van der Waals surface area contributed by atoms with Crippen LogP contribution in [0.2, 0.25) is 5.02 Å². The Labute approximate surface area is 169 Å². The fourth-order valence-corrected chi connectivity index (χ4v) is 3.59. The van der Waals surface area contributed by atoms with E-state index in [0.717, 1.165) is 5.56 Å². The van der Waals surface area contributed by atoms with Crippen molar-refractivity contribution < 1.29 is 24.2 Å². The molecule has 1 aromatic rings. The third kappa shape index (κ3) is 6.12. The van der Waals surface area contributed by atoms with E-state index in [1.165, 1.54) is 13.2 Å². The summed E-state index contributed by atoms with van der Waals surface area (Å²) in [6.45, 7) is 1.82. The monoisotopic (exact) mass is 410 g/mol. The van der Waals surface area contributed by atoms with Gasteiger partial charge in [0.25, 0.3) is 0 Å². The molecule has 0 aromatic heterocycles. The summed E-state index contributed by atoms with van der Waals surface area (Å²) in [5.74, 6) is -0.874. The van der Waals surface area contributed by atoms with Crippen molar-refractivity contribution >= 4 is 29.4 Å². The summed E-state index contributed by atoms with van der Waals surface area (Å²) >= 11 is 5.86. The van der Waals surface area contributed by atoms with E-state index in [1.807, 2.05) is 6.92 Å². The Balaban J connectivity index is 1.78. The standard InChI is InChI=1S/C20H27ClN2O5/c1-3-16(20(27)28-2)23-19(26)13-5-7-14(8-6-13)22-18(25)11-12-4-9-17(24)15(21)10-12/h4,9-10,13-14,16,24H,3,5-8,11H2,1-2H3,(H,22,25)(H,23,26). The first-order chi connectivity index (χ1) is 13.3. The number of hydrogen-bond donors (Lipinski definition) is 3. The van der Waals surface area contributed by atoms with E-state index < -0.39 is 12.0 Å². The third-order valence-corrected chi connectivity index (χ3v) is 5.35.